The molecule has 2 N–H and O–H groups in total. The number of amides is 1. The van der Waals surface area contributed by atoms with Crippen LogP contribution in [0.2, 0.25) is 0 Å². The van der Waals surface area contributed by atoms with E-state index in [2.05, 4.69) is 29.6 Å². The summed E-state index contributed by atoms with van der Waals surface area (Å²) in [5.74, 6) is -0.137. The maximum absolute atomic E-state index is 10.6. The van der Waals surface area contributed by atoms with Crippen LogP contribution < -0.4 is 5.32 Å². The molecule has 1 aromatic carbocycles. The normalized spacial score (nSPS) is 13.3. The molecule has 0 aromatic heterocycles. The lowest BCUT2D eigenvalue weighted by Crippen LogP contribution is -2.42. The first-order valence-corrected chi connectivity index (χ1v) is 6.52. The number of hydrogen-bond donors (Lipinski definition) is 2. The third kappa shape index (κ3) is 5.32. The Labute approximate surface area is 109 Å². The summed E-state index contributed by atoms with van der Waals surface area (Å²) in [7, 11) is 0. The molecule has 0 unspecified atom stereocenters. The quantitative estimate of drug-likeness (QED) is 0.791. The van der Waals surface area contributed by atoms with Crippen LogP contribution in [0.3, 0.4) is 0 Å². The molecular weight excluding hydrogens is 226 g/mol. The van der Waals surface area contributed by atoms with Crippen molar-refractivity contribution in [2.45, 2.75) is 52.2 Å². The maximum atomic E-state index is 10.6. The zero-order valence-electron chi connectivity index (χ0n) is 11.5. The zero-order chi connectivity index (χ0) is 13.6. The first-order valence-electron chi connectivity index (χ1n) is 6.52. The summed E-state index contributed by atoms with van der Waals surface area (Å²) in [5, 5.41) is 11.4. The van der Waals surface area contributed by atoms with Gasteiger partial charge in [-0.15, -0.1) is 0 Å². The van der Waals surface area contributed by atoms with Crippen LogP contribution in [0.4, 0.5) is 0 Å². The lowest BCUT2D eigenvalue weighted by atomic mass is 10.1. The molecule has 0 saturated heterocycles. The van der Waals surface area contributed by atoms with Crippen molar-refractivity contribution in [3.63, 3.8) is 0 Å². The molecule has 0 fully saturated rings. The van der Waals surface area contributed by atoms with Crippen LogP contribution in [0.1, 0.15) is 44.7 Å². The molecule has 3 nitrogen and oxygen atoms in total. The Morgan fingerprint density at radius 2 is 1.78 bits per heavy atom. The third-order valence-electron chi connectivity index (χ3n) is 2.78. The first-order chi connectivity index (χ1) is 8.42. The number of fused-ring (bicyclic) bond motifs is 1. The fourth-order valence-corrected chi connectivity index (χ4v) is 1.94. The third-order valence-corrected chi connectivity index (χ3v) is 2.78. The molecule has 0 spiro atoms. The number of benzene rings is 1. The molecule has 100 valence electrons. The lowest BCUT2D eigenvalue weighted by Gasteiger charge is -2.18. The van der Waals surface area contributed by atoms with E-state index in [0.29, 0.717) is 6.42 Å². The van der Waals surface area contributed by atoms with E-state index in [1.54, 1.807) is 18.1 Å². The van der Waals surface area contributed by atoms with Gasteiger partial charge in [0.1, 0.15) is 5.72 Å². The van der Waals surface area contributed by atoms with E-state index >= 15 is 0 Å². The van der Waals surface area contributed by atoms with Gasteiger partial charge < -0.3 is 10.4 Å². The maximum Gasteiger partial charge on any atom is 0.221 e. The minimum atomic E-state index is -1.08. The Morgan fingerprint density at radius 1 is 1.28 bits per heavy atom. The fourth-order valence-electron chi connectivity index (χ4n) is 1.94. The first kappa shape index (κ1) is 14.7. The summed E-state index contributed by atoms with van der Waals surface area (Å²) in [6, 6.07) is 8.74. The SMILES string of the molecule is CCC(=O)NC(C)(C)O.c1ccc2c(c1)CCC2. The number of carbonyl (C=O) groups excluding carboxylic acids is 1. The Kier molecular flexibility index (Phi) is 5.35. The number of aryl methyl sites for hydroxylation is 2. The van der Waals surface area contributed by atoms with E-state index in [1.807, 2.05) is 0 Å². The monoisotopic (exact) mass is 249 g/mol. The van der Waals surface area contributed by atoms with Crippen molar-refractivity contribution in [2.75, 3.05) is 0 Å². The summed E-state index contributed by atoms with van der Waals surface area (Å²) < 4.78 is 0. The van der Waals surface area contributed by atoms with Gasteiger partial charge in [-0.1, -0.05) is 31.2 Å². The van der Waals surface area contributed by atoms with Crippen molar-refractivity contribution in [3.05, 3.63) is 35.4 Å². The number of nitrogens with one attached hydrogen (secondary N) is 1. The molecule has 0 heterocycles. The highest BCUT2D eigenvalue weighted by Crippen LogP contribution is 2.20. The molecule has 0 aliphatic heterocycles. The fraction of sp³-hybridized carbons (Fsp3) is 0.533. The van der Waals surface area contributed by atoms with Gasteiger partial charge in [-0.05, 0) is 44.2 Å². The van der Waals surface area contributed by atoms with Gasteiger partial charge in [0, 0.05) is 6.42 Å². The van der Waals surface area contributed by atoms with E-state index in [4.69, 9.17) is 5.11 Å². The zero-order valence-corrected chi connectivity index (χ0v) is 11.5. The lowest BCUT2D eigenvalue weighted by molar-refractivity contribution is -0.126. The summed E-state index contributed by atoms with van der Waals surface area (Å²) >= 11 is 0. The predicted molar refractivity (Wildman–Crippen MR) is 73.2 cm³/mol. The van der Waals surface area contributed by atoms with Crippen LogP contribution in [0.25, 0.3) is 0 Å². The van der Waals surface area contributed by atoms with E-state index in [0.717, 1.165) is 0 Å². The highest BCUT2D eigenvalue weighted by atomic mass is 16.3. The van der Waals surface area contributed by atoms with Crippen molar-refractivity contribution < 1.29 is 9.90 Å². The smallest absolute Gasteiger partial charge is 0.221 e. The van der Waals surface area contributed by atoms with Gasteiger partial charge in [0.2, 0.25) is 5.91 Å². The molecule has 0 bridgehead atoms. The summed E-state index contributed by atoms with van der Waals surface area (Å²) in [4.78, 5) is 10.6. The predicted octanol–water partition coefficient (Wildman–Crippen LogP) is 2.42. The van der Waals surface area contributed by atoms with Gasteiger partial charge in [0.25, 0.3) is 0 Å². The molecule has 1 aliphatic rings. The molecule has 3 heteroatoms. The van der Waals surface area contributed by atoms with Crippen molar-refractivity contribution in [3.8, 4) is 0 Å². The summed E-state index contributed by atoms with van der Waals surface area (Å²) in [5.41, 5.74) is 2.06. The molecule has 2 rings (SSSR count). The van der Waals surface area contributed by atoms with Gasteiger partial charge in [-0.25, -0.2) is 0 Å². The summed E-state index contributed by atoms with van der Waals surface area (Å²) in [6.07, 6.45) is 4.37. The Balaban J connectivity index is 0.000000180. The van der Waals surface area contributed by atoms with Gasteiger partial charge in [-0.2, -0.15) is 0 Å². The topological polar surface area (TPSA) is 49.3 Å². The standard InChI is InChI=1S/C9H10.C6H13NO2/c1-2-5-9-7-3-6-8(9)4-1;1-4-5(8)7-6(2,3)9/h1-2,4-5H,3,6-7H2;9H,4H2,1-3H3,(H,7,8). The Morgan fingerprint density at radius 3 is 2.11 bits per heavy atom. The Bertz CT molecular complexity index is 371. The highest BCUT2D eigenvalue weighted by Gasteiger charge is 2.13. The van der Waals surface area contributed by atoms with Crippen molar-refractivity contribution in [1.82, 2.24) is 5.32 Å². The molecule has 0 atom stereocenters. The second kappa shape index (κ2) is 6.55. The average molecular weight is 249 g/mol. The molecule has 1 aromatic rings. The van der Waals surface area contributed by atoms with Crippen LogP contribution in [-0.2, 0) is 17.6 Å². The van der Waals surface area contributed by atoms with Crippen molar-refractivity contribution in [2.24, 2.45) is 0 Å². The van der Waals surface area contributed by atoms with Crippen molar-refractivity contribution >= 4 is 5.91 Å². The van der Waals surface area contributed by atoms with Crippen LogP contribution in [0.5, 0.6) is 0 Å². The molecule has 1 aliphatic carbocycles. The Hall–Kier alpha value is -1.35. The molecule has 0 radical (unpaired) electrons. The molecule has 1 amide bonds. The minimum absolute atomic E-state index is 0.137. The van der Waals surface area contributed by atoms with Crippen molar-refractivity contribution in [1.29, 1.82) is 0 Å². The average Bonchev–Trinajstić information content (AvgIpc) is 2.75. The molecule has 18 heavy (non-hydrogen) atoms. The van der Waals surface area contributed by atoms with Crippen LogP contribution >= 0.6 is 0 Å². The molecule has 0 saturated carbocycles. The van der Waals surface area contributed by atoms with Gasteiger partial charge in [0.05, 0.1) is 0 Å². The number of rotatable bonds is 2. The molecular formula is C15H23NO2. The summed E-state index contributed by atoms with van der Waals surface area (Å²) in [6.45, 7) is 4.79. The van der Waals surface area contributed by atoms with Crippen LogP contribution in [-0.4, -0.2) is 16.7 Å². The second-order valence-electron chi connectivity index (χ2n) is 5.08. The van der Waals surface area contributed by atoms with E-state index < -0.39 is 5.72 Å². The number of hydrogen-bond acceptors (Lipinski definition) is 2. The van der Waals surface area contributed by atoms with Gasteiger partial charge >= 0.3 is 0 Å². The van der Waals surface area contributed by atoms with E-state index in [1.165, 1.54) is 33.1 Å². The second-order valence-corrected chi connectivity index (χ2v) is 5.08. The van der Waals surface area contributed by atoms with E-state index in [-0.39, 0.29) is 5.91 Å². The van der Waals surface area contributed by atoms with Gasteiger partial charge in [-0.3, -0.25) is 4.79 Å². The van der Waals surface area contributed by atoms with Gasteiger partial charge in [0.15, 0.2) is 0 Å². The number of aliphatic hydroxyl groups is 1. The minimum Gasteiger partial charge on any atom is -0.372 e. The van der Waals surface area contributed by atoms with Crippen LogP contribution in [0, 0.1) is 0 Å². The highest BCUT2D eigenvalue weighted by molar-refractivity contribution is 5.75. The van der Waals surface area contributed by atoms with Crippen LogP contribution in [0.15, 0.2) is 24.3 Å². The largest absolute Gasteiger partial charge is 0.372 e. The number of carbonyl (C=O) groups is 1. The van der Waals surface area contributed by atoms with E-state index in [9.17, 15) is 4.79 Å².